The molecule has 1 aliphatic heterocycles. The van der Waals surface area contributed by atoms with E-state index in [2.05, 4.69) is 9.98 Å². The van der Waals surface area contributed by atoms with Crippen LogP contribution >= 0.6 is 11.3 Å². The highest BCUT2D eigenvalue weighted by Crippen LogP contribution is 2.25. The van der Waals surface area contributed by atoms with Gasteiger partial charge in [-0.3, -0.25) is 0 Å². The number of aliphatic imine (C=N–C) groups is 1. The van der Waals surface area contributed by atoms with Crippen LogP contribution in [0.25, 0.3) is 0 Å². The SMILES string of the molecule is Cc1cnc(C2COC(N)=N2)s1. The average molecular weight is 183 g/mol. The molecule has 0 bridgehead atoms. The van der Waals surface area contributed by atoms with Gasteiger partial charge in [0, 0.05) is 11.1 Å². The van der Waals surface area contributed by atoms with Gasteiger partial charge in [0.25, 0.3) is 6.02 Å². The molecule has 0 amide bonds. The molecule has 12 heavy (non-hydrogen) atoms. The molecule has 0 radical (unpaired) electrons. The number of aryl methyl sites for hydroxylation is 1. The normalized spacial score (nSPS) is 22.1. The second kappa shape index (κ2) is 2.75. The first-order chi connectivity index (χ1) is 5.75. The number of nitrogens with zero attached hydrogens (tertiary/aromatic N) is 2. The molecule has 4 nitrogen and oxygen atoms in total. The molecule has 1 aromatic heterocycles. The van der Waals surface area contributed by atoms with Crippen molar-refractivity contribution in [2.24, 2.45) is 10.7 Å². The fourth-order valence-electron chi connectivity index (χ4n) is 1.05. The lowest BCUT2D eigenvalue weighted by molar-refractivity contribution is 0.315. The highest BCUT2D eigenvalue weighted by Gasteiger charge is 2.21. The third-order valence-electron chi connectivity index (χ3n) is 1.60. The smallest absolute Gasteiger partial charge is 0.282 e. The van der Waals surface area contributed by atoms with Crippen LogP contribution in [-0.2, 0) is 4.74 Å². The van der Waals surface area contributed by atoms with Gasteiger partial charge in [-0.2, -0.15) is 0 Å². The minimum absolute atomic E-state index is 0.0173. The first-order valence-electron chi connectivity index (χ1n) is 3.64. The number of rotatable bonds is 1. The van der Waals surface area contributed by atoms with Crippen molar-refractivity contribution in [1.82, 2.24) is 4.98 Å². The van der Waals surface area contributed by atoms with E-state index >= 15 is 0 Å². The van der Waals surface area contributed by atoms with Crippen molar-refractivity contribution in [3.05, 3.63) is 16.1 Å². The van der Waals surface area contributed by atoms with Gasteiger partial charge in [-0.05, 0) is 6.92 Å². The van der Waals surface area contributed by atoms with E-state index in [1.165, 1.54) is 4.88 Å². The molecule has 0 saturated heterocycles. The molecule has 64 valence electrons. The zero-order valence-corrected chi connectivity index (χ0v) is 7.47. The largest absolute Gasteiger partial charge is 0.463 e. The molecule has 0 saturated carbocycles. The molecule has 1 unspecified atom stereocenters. The molecule has 1 atom stereocenters. The summed E-state index contributed by atoms with van der Waals surface area (Å²) in [5, 5.41) is 0.980. The summed E-state index contributed by atoms with van der Waals surface area (Å²) in [6.45, 7) is 2.54. The van der Waals surface area contributed by atoms with Crippen molar-refractivity contribution in [3.8, 4) is 0 Å². The van der Waals surface area contributed by atoms with E-state index in [1.807, 2.05) is 13.1 Å². The average Bonchev–Trinajstić information content (AvgIpc) is 2.58. The van der Waals surface area contributed by atoms with E-state index in [0.29, 0.717) is 6.61 Å². The molecule has 5 heteroatoms. The Hall–Kier alpha value is -1.10. The van der Waals surface area contributed by atoms with Gasteiger partial charge in [0.2, 0.25) is 0 Å². The predicted octanol–water partition coefficient (Wildman–Crippen LogP) is 0.838. The minimum atomic E-state index is 0.0173. The van der Waals surface area contributed by atoms with Crippen LogP contribution in [0, 0.1) is 6.92 Å². The molecule has 2 heterocycles. The zero-order chi connectivity index (χ0) is 8.55. The number of hydrogen-bond acceptors (Lipinski definition) is 5. The number of amidine groups is 1. The van der Waals surface area contributed by atoms with Crippen LogP contribution in [0.5, 0.6) is 0 Å². The summed E-state index contributed by atoms with van der Waals surface area (Å²) < 4.78 is 5.02. The Bertz CT molecular complexity index is 320. The maximum absolute atomic E-state index is 5.37. The summed E-state index contributed by atoms with van der Waals surface area (Å²) in [6, 6.07) is 0.288. The molecular formula is C7H9N3OS. The Balaban J connectivity index is 2.21. The first kappa shape index (κ1) is 7.54. The second-order valence-corrected chi connectivity index (χ2v) is 3.87. The Morgan fingerprint density at radius 1 is 1.75 bits per heavy atom. The maximum atomic E-state index is 5.37. The molecular weight excluding hydrogens is 174 g/mol. The fraction of sp³-hybridized carbons (Fsp3) is 0.429. The lowest BCUT2D eigenvalue weighted by Gasteiger charge is -1.97. The van der Waals surface area contributed by atoms with Crippen LogP contribution in [0.3, 0.4) is 0 Å². The molecule has 0 aliphatic carbocycles. The maximum Gasteiger partial charge on any atom is 0.282 e. The molecule has 1 aromatic rings. The molecule has 0 aromatic carbocycles. The van der Waals surface area contributed by atoms with Gasteiger partial charge in [0.15, 0.2) is 0 Å². The number of ether oxygens (including phenoxy) is 1. The lowest BCUT2D eigenvalue weighted by Crippen LogP contribution is -2.10. The monoisotopic (exact) mass is 183 g/mol. The van der Waals surface area contributed by atoms with Crippen LogP contribution in [0.15, 0.2) is 11.2 Å². The van der Waals surface area contributed by atoms with Gasteiger partial charge in [-0.1, -0.05) is 0 Å². The third kappa shape index (κ3) is 1.27. The van der Waals surface area contributed by atoms with Crippen molar-refractivity contribution in [2.45, 2.75) is 13.0 Å². The lowest BCUT2D eigenvalue weighted by atomic mass is 10.4. The standard InChI is InChI=1S/C7H9N3OS/c1-4-2-9-6(12-4)5-3-11-7(8)10-5/h2,5H,3H2,1H3,(H2,8,10). The topological polar surface area (TPSA) is 60.5 Å². The van der Waals surface area contributed by atoms with Gasteiger partial charge in [0.05, 0.1) is 0 Å². The van der Waals surface area contributed by atoms with Crippen molar-refractivity contribution in [1.29, 1.82) is 0 Å². The molecule has 2 rings (SSSR count). The minimum Gasteiger partial charge on any atom is -0.463 e. The van der Waals surface area contributed by atoms with Gasteiger partial charge in [-0.25, -0.2) is 9.98 Å². The molecule has 2 N–H and O–H groups in total. The number of thiazole rings is 1. The van der Waals surface area contributed by atoms with E-state index in [0.717, 1.165) is 5.01 Å². The van der Waals surface area contributed by atoms with Crippen LogP contribution in [-0.4, -0.2) is 17.6 Å². The number of nitrogens with two attached hydrogens (primary N) is 1. The Kier molecular flexibility index (Phi) is 1.73. The summed E-state index contributed by atoms with van der Waals surface area (Å²) in [7, 11) is 0. The molecule has 1 aliphatic rings. The number of aromatic nitrogens is 1. The summed E-state index contributed by atoms with van der Waals surface area (Å²) in [5.74, 6) is 0. The summed E-state index contributed by atoms with van der Waals surface area (Å²) in [4.78, 5) is 9.49. The van der Waals surface area contributed by atoms with Gasteiger partial charge >= 0.3 is 0 Å². The van der Waals surface area contributed by atoms with Crippen LogP contribution < -0.4 is 5.73 Å². The first-order valence-corrected chi connectivity index (χ1v) is 4.46. The van der Waals surface area contributed by atoms with E-state index < -0.39 is 0 Å². The quantitative estimate of drug-likeness (QED) is 0.701. The fourth-order valence-corrected chi connectivity index (χ4v) is 1.84. The Morgan fingerprint density at radius 3 is 3.08 bits per heavy atom. The molecule has 0 fully saturated rings. The number of hydrogen-bond donors (Lipinski definition) is 1. The summed E-state index contributed by atoms with van der Waals surface area (Å²) in [5.41, 5.74) is 5.37. The van der Waals surface area contributed by atoms with Crippen molar-refractivity contribution >= 4 is 17.4 Å². The predicted molar refractivity (Wildman–Crippen MR) is 47.2 cm³/mol. The van der Waals surface area contributed by atoms with Crippen molar-refractivity contribution in [3.63, 3.8) is 0 Å². The van der Waals surface area contributed by atoms with E-state index in [1.54, 1.807) is 11.3 Å². The van der Waals surface area contributed by atoms with E-state index in [4.69, 9.17) is 10.5 Å². The Morgan fingerprint density at radius 2 is 2.58 bits per heavy atom. The van der Waals surface area contributed by atoms with E-state index in [-0.39, 0.29) is 12.1 Å². The third-order valence-corrected chi connectivity index (χ3v) is 2.61. The van der Waals surface area contributed by atoms with E-state index in [9.17, 15) is 0 Å². The zero-order valence-electron chi connectivity index (χ0n) is 6.65. The highest BCUT2D eigenvalue weighted by atomic mass is 32.1. The van der Waals surface area contributed by atoms with Gasteiger partial charge in [-0.15, -0.1) is 11.3 Å². The summed E-state index contributed by atoms with van der Waals surface area (Å²) in [6.07, 6.45) is 1.84. The highest BCUT2D eigenvalue weighted by molar-refractivity contribution is 7.11. The van der Waals surface area contributed by atoms with Crippen molar-refractivity contribution in [2.75, 3.05) is 6.61 Å². The Labute approximate surface area is 74.1 Å². The van der Waals surface area contributed by atoms with Crippen LogP contribution in [0.4, 0.5) is 0 Å². The summed E-state index contributed by atoms with van der Waals surface area (Å²) >= 11 is 1.63. The molecule has 0 spiro atoms. The van der Waals surface area contributed by atoms with Crippen molar-refractivity contribution < 1.29 is 4.74 Å². The van der Waals surface area contributed by atoms with Gasteiger partial charge < -0.3 is 10.5 Å². The van der Waals surface area contributed by atoms with Gasteiger partial charge in [0.1, 0.15) is 17.7 Å². The second-order valence-electron chi connectivity index (χ2n) is 2.60. The van der Waals surface area contributed by atoms with Crippen LogP contribution in [0.1, 0.15) is 15.9 Å². The van der Waals surface area contributed by atoms with Crippen LogP contribution in [0.2, 0.25) is 0 Å².